The van der Waals surface area contributed by atoms with Crippen molar-refractivity contribution in [1.29, 1.82) is 0 Å². The zero-order chi connectivity index (χ0) is 50.6. The molecule has 0 aliphatic carbocycles. The molecule has 18 atom stereocenters. The number of aliphatic hydroxyl groups excluding tert-OH is 3. The van der Waals surface area contributed by atoms with E-state index in [9.17, 15) is 39.1 Å². The van der Waals surface area contributed by atoms with E-state index in [1.807, 2.05) is 44.7 Å². The molecule has 17 nitrogen and oxygen atoms in total. The number of hydrogen-bond acceptors (Lipinski definition) is 16. The van der Waals surface area contributed by atoms with E-state index in [-0.39, 0.29) is 44.4 Å². The molecule has 3 aliphatic heterocycles. The van der Waals surface area contributed by atoms with Crippen molar-refractivity contribution in [2.75, 3.05) is 40.9 Å². The van der Waals surface area contributed by atoms with E-state index < -0.39 is 113 Å². The normalized spacial score (nSPS) is 40.7. The number of carbonyl (C=O) groups is 1. The molecule has 0 saturated carbocycles. The van der Waals surface area contributed by atoms with Crippen LogP contribution < -0.4 is 0 Å². The van der Waals surface area contributed by atoms with Crippen molar-refractivity contribution < 1.29 is 67.5 Å². The van der Waals surface area contributed by atoms with Crippen molar-refractivity contribution in [1.82, 2.24) is 24.8 Å². The van der Waals surface area contributed by atoms with E-state index in [0.717, 1.165) is 12.1 Å². The van der Waals surface area contributed by atoms with Crippen molar-refractivity contribution in [2.45, 2.75) is 198 Å². The van der Waals surface area contributed by atoms with Crippen molar-refractivity contribution >= 4 is 5.97 Å². The van der Waals surface area contributed by atoms with Gasteiger partial charge in [-0.05, 0) is 105 Å². The van der Waals surface area contributed by atoms with Crippen molar-refractivity contribution in [3.8, 4) is 0 Å². The number of carbonyl (C=O) groups excluding carboxylic acids is 1. The van der Waals surface area contributed by atoms with Crippen LogP contribution in [0.1, 0.15) is 106 Å². The summed E-state index contributed by atoms with van der Waals surface area (Å²) in [5.41, 5.74) is -3.21. The Morgan fingerprint density at radius 1 is 0.985 bits per heavy atom. The molecule has 5 N–H and O–H groups in total. The first kappa shape index (κ1) is 56.1. The first-order valence-corrected chi connectivity index (χ1v) is 24.3. The van der Waals surface area contributed by atoms with E-state index in [1.165, 1.54) is 20.1 Å². The Balaban J connectivity index is 1.44. The minimum absolute atomic E-state index is 0.0329. The molecule has 5 rings (SSSR count). The van der Waals surface area contributed by atoms with Crippen LogP contribution in [-0.4, -0.2) is 187 Å². The van der Waals surface area contributed by atoms with Gasteiger partial charge in [0.05, 0.1) is 66.5 Å². The van der Waals surface area contributed by atoms with Gasteiger partial charge in [0.1, 0.15) is 30.0 Å². The van der Waals surface area contributed by atoms with Crippen LogP contribution in [0.4, 0.5) is 8.78 Å². The second kappa shape index (κ2) is 23.2. The zero-order valence-corrected chi connectivity index (χ0v) is 42.4. The van der Waals surface area contributed by atoms with Gasteiger partial charge in [0, 0.05) is 57.2 Å². The van der Waals surface area contributed by atoms with E-state index in [0.29, 0.717) is 37.2 Å². The predicted molar refractivity (Wildman–Crippen MR) is 247 cm³/mol. The molecule has 0 spiro atoms. The molecule has 2 aromatic rings. The molecule has 0 bridgehead atoms. The Morgan fingerprint density at radius 3 is 2.32 bits per heavy atom. The topological polar surface area (TPSA) is 211 Å². The van der Waals surface area contributed by atoms with Crippen molar-refractivity contribution in [3.05, 3.63) is 47.3 Å². The Hall–Kier alpha value is -2.79. The Kier molecular flexibility index (Phi) is 19.1. The molecule has 19 heteroatoms. The number of likely N-dealkylation sites (N-methyl/N-ethyl adjacent to an activating group) is 2. The number of cyclic esters (lactones) is 1. The summed E-state index contributed by atoms with van der Waals surface area (Å²) in [5, 5.41) is 67.8. The predicted octanol–water partition coefficient (Wildman–Crippen LogP) is 3.47. The highest BCUT2D eigenvalue weighted by atomic mass is 19.2. The van der Waals surface area contributed by atoms with E-state index in [4.69, 9.17) is 28.4 Å². The van der Waals surface area contributed by atoms with E-state index in [2.05, 4.69) is 10.3 Å². The number of methoxy groups -OCH3 is 1. The summed E-state index contributed by atoms with van der Waals surface area (Å²) in [6, 6.07) is 2.65. The van der Waals surface area contributed by atoms with Crippen LogP contribution >= 0.6 is 0 Å². The van der Waals surface area contributed by atoms with Crippen LogP contribution in [-0.2, 0) is 46.2 Å². The Bertz CT molecular complexity index is 1930. The number of esters is 1. The average molecular weight is 970 g/mol. The van der Waals surface area contributed by atoms with Crippen LogP contribution in [0.2, 0.25) is 0 Å². The van der Waals surface area contributed by atoms with Gasteiger partial charge in [0.25, 0.3) is 0 Å². The molecular weight excluding hydrogens is 889 g/mol. The number of nitrogens with zero attached hydrogens (tertiary/aromatic N) is 5. The summed E-state index contributed by atoms with van der Waals surface area (Å²) in [6.45, 7) is 18.6. The molecular formula is C49H81F2N5O12. The third-order valence-corrected chi connectivity index (χ3v) is 15.0. The van der Waals surface area contributed by atoms with Gasteiger partial charge in [-0.15, -0.1) is 5.10 Å². The number of hydrogen-bond donors (Lipinski definition) is 5. The van der Waals surface area contributed by atoms with Gasteiger partial charge in [-0.3, -0.25) is 4.79 Å². The average Bonchev–Trinajstić information content (AvgIpc) is 3.73. The van der Waals surface area contributed by atoms with Gasteiger partial charge in [-0.2, -0.15) is 0 Å². The quantitative estimate of drug-likeness (QED) is 0.182. The van der Waals surface area contributed by atoms with Gasteiger partial charge >= 0.3 is 5.97 Å². The number of benzene rings is 1. The van der Waals surface area contributed by atoms with Crippen molar-refractivity contribution in [2.24, 2.45) is 17.8 Å². The molecule has 388 valence electrons. The number of rotatable bonds is 13. The fourth-order valence-corrected chi connectivity index (χ4v) is 10.8. The molecule has 3 fully saturated rings. The monoisotopic (exact) mass is 970 g/mol. The maximum atomic E-state index is 14.4. The lowest BCUT2D eigenvalue weighted by molar-refractivity contribution is -0.301. The molecule has 3 aliphatic rings. The summed E-state index contributed by atoms with van der Waals surface area (Å²) < 4.78 is 66.9. The lowest BCUT2D eigenvalue weighted by atomic mass is 9.77. The summed E-state index contributed by atoms with van der Waals surface area (Å²) in [7, 11) is 5.24. The minimum Gasteiger partial charge on any atom is -0.459 e. The first-order chi connectivity index (χ1) is 31.7. The van der Waals surface area contributed by atoms with Crippen molar-refractivity contribution in [3.63, 3.8) is 0 Å². The van der Waals surface area contributed by atoms with Gasteiger partial charge in [-0.1, -0.05) is 32.1 Å². The summed E-state index contributed by atoms with van der Waals surface area (Å²) in [5.74, 6) is -4.58. The second-order valence-electron chi connectivity index (χ2n) is 21.0. The number of ether oxygens (including phenoxy) is 6. The fraction of sp³-hybridized carbons (Fsp3) is 0.816. The van der Waals surface area contributed by atoms with Gasteiger partial charge < -0.3 is 63.8 Å². The molecule has 68 heavy (non-hydrogen) atoms. The van der Waals surface area contributed by atoms with Crippen LogP contribution in [0.5, 0.6) is 0 Å². The summed E-state index contributed by atoms with van der Waals surface area (Å²) in [6.07, 6.45) is -6.11. The number of aliphatic hydroxyl groups is 5. The highest BCUT2D eigenvalue weighted by molar-refractivity contribution is 5.73. The zero-order valence-electron chi connectivity index (χ0n) is 42.4. The van der Waals surface area contributed by atoms with Gasteiger partial charge in [0.15, 0.2) is 17.9 Å². The first-order valence-electron chi connectivity index (χ1n) is 24.3. The highest BCUT2D eigenvalue weighted by Gasteiger charge is 2.51. The smallest absolute Gasteiger partial charge is 0.311 e. The summed E-state index contributed by atoms with van der Waals surface area (Å²) in [4.78, 5) is 18.3. The third-order valence-electron chi connectivity index (χ3n) is 15.0. The second-order valence-corrected chi connectivity index (χ2v) is 21.0. The standard InChI is InChI=1S/C49H81F2N5O12/c1-14-39-49(10,62)42(58)31(6)55(12)23-27(2)21-47(8,61)44(29(4)41(30(5)45(60)67-39)64-26-35-22-48(9,63-13)43(59)32(7)66-35)68-46-40(57)38(19-28(3)65-46)54(11)18-17-34-25-56(53-52-34)24-33-15-16-36(50)37(51)20-33/h15-16,20,25,27-32,35,38-44,46,57-59,61-62H,14,17-19,21-24,26H2,1-13H3/t27-,28-,29+,30-,31-,32+,35-,38+,39-,40-,41+,42-,43+,44-,46+,47-,48-,49-/m1/s1. The molecule has 0 amide bonds. The van der Waals surface area contributed by atoms with Crippen LogP contribution in [0, 0.1) is 29.4 Å². The highest BCUT2D eigenvalue weighted by Crippen LogP contribution is 2.39. The largest absolute Gasteiger partial charge is 0.459 e. The van der Waals surface area contributed by atoms with Gasteiger partial charge in [0.2, 0.25) is 0 Å². The minimum atomic E-state index is -1.84. The van der Waals surface area contributed by atoms with Crippen LogP contribution in [0.3, 0.4) is 0 Å². The molecule has 1 aromatic carbocycles. The summed E-state index contributed by atoms with van der Waals surface area (Å²) >= 11 is 0. The molecule has 3 saturated heterocycles. The Morgan fingerprint density at radius 2 is 1.68 bits per heavy atom. The SMILES string of the molecule is CC[C@H]1OC(=O)[C@H](C)[C@@H](OC[C@H]2C[C@@](C)(OC)[C@@H](O)[C@H](C)O2)[C@H](C)[C@@H](O[C@@H]2O[C@H](C)C[C@H](N(C)CCc3cn(Cc4ccc(F)c(F)c4)nn3)[C@H]2O)[C@](C)(O)C[C@@H](C)CN(C)[C@H](C)[C@@H](O)[C@]1(C)O. The molecule has 4 heterocycles. The van der Waals surface area contributed by atoms with Crippen LogP contribution in [0.15, 0.2) is 24.4 Å². The Labute approximate surface area is 401 Å². The maximum Gasteiger partial charge on any atom is 0.311 e. The van der Waals surface area contributed by atoms with Crippen LogP contribution in [0.25, 0.3) is 0 Å². The fourth-order valence-electron chi connectivity index (χ4n) is 10.8. The number of aromatic nitrogens is 3. The number of halogens is 2. The third kappa shape index (κ3) is 13.2. The lowest BCUT2D eigenvalue weighted by Crippen LogP contribution is -2.60. The van der Waals surface area contributed by atoms with E-state index in [1.54, 1.807) is 52.4 Å². The van der Waals surface area contributed by atoms with E-state index >= 15 is 0 Å². The molecule has 0 radical (unpaired) electrons. The lowest BCUT2D eigenvalue weighted by Gasteiger charge is -2.48. The van der Waals surface area contributed by atoms with Gasteiger partial charge in [-0.25, -0.2) is 13.5 Å². The molecule has 1 aromatic heterocycles. The maximum absolute atomic E-state index is 14.4. The molecule has 0 unspecified atom stereocenters.